The number of rotatable bonds is 6. The molecule has 3 aliphatic rings. The fraction of sp³-hybridized carbons (Fsp3) is 0.609. The zero-order valence-corrected chi connectivity index (χ0v) is 20.2. The smallest absolute Gasteiger partial charge is 0.220 e. The van der Waals surface area contributed by atoms with E-state index in [0.717, 1.165) is 35.4 Å². The molecule has 31 heavy (non-hydrogen) atoms. The molecule has 3 fully saturated rings. The third-order valence-electron chi connectivity index (χ3n) is 7.06. The zero-order chi connectivity index (χ0) is 19.6. The molecule has 4 atom stereocenters. The molecule has 0 radical (unpaired) electrons. The van der Waals surface area contributed by atoms with Crippen LogP contribution in [-0.4, -0.2) is 49.1 Å². The highest BCUT2D eigenvalue weighted by Crippen LogP contribution is 2.38. The summed E-state index contributed by atoms with van der Waals surface area (Å²) >= 11 is 1.67. The topological polar surface area (TPSA) is 57.5 Å². The quantitative estimate of drug-likeness (QED) is 0.637. The number of hydrogen-bond donors (Lipinski definition) is 2. The second-order valence-corrected chi connectivity index (χ2v) is 9.78. The summed E-state index contributed by atoms with van der Waals surface area (Å²) in [5.74, 6) is 3.39. The number of nitrogens with one attached hydrogen (secondary N) is 2. The van der Waals surface area contributed by atoms with Crippen molar-refractivity contribution >= 4 is 42.1 Å². The molecule has 5 nitrogen and oxygen atoms in total. The summed E-state index contributed by atoms with van der Waals surface area (Å²) in [4.78, 5) is 16.4. The van der Waals surface area contributed by atoms with Gasteiger partial charge in [0.25, 0.3) is 0 Å². The number of piperidine rings is 3. The zero-order valence-electron chi connectivity index (χ0n) is 17.8. The van der Waals surface area contributed by atoms with Gasteiger partial charge in [0.15, 0.2) is 0 Å². The number of furan rings is 1. The number of carbonyl (C=O) groups excluding carboxylic acids is 1. The lowest BCUT2D eigenvalue weighted by Gasteiger charge is -2.55. The van der Waals surface area contributed by atoms with E-state index in [1.54, 1.807) is 11.3 Å². The minimum Gasteiger partial charge on any atom is -0.460 e. The van der Waals surface area contributed by atoms with Gasteiger partial charge in [0.2, 0.25) is 5.91 Å². The van der Waals surface area contributed by atoms with E-state index in [1.807, 2.05) is 23.6 Å². The summed E-state index contributed by atoms with van der Waals surface area (Å²) in [6.07, 6.45) is 6.46. The number of carbonyl (C=O) groups is 1. The maximum atomic E-state index is 12.5. The van der Waals surface area contributed by atoms with E-state index in [-0.39, 0.29) is 30.7 Å². The second kappa shape index (κ2) is 11.2. The van der Waals surface area contributed by atoms with E-state index in [1.165, 1.54) is 38.8 Å². The summed E-state index contributed by atoms with van der Waals surface area (Å²) in [6.45, 7) is 4.26. The van der Waals surface area contributed by atoms with Gasteiger partial charge >= 0.3 is 0 Å². The third kappa shape index (κ3) is 5.48. The van der Waals surface area contributed by atoms with Crippen LogP contribution < -0.4 is 10.6 Å². The van der Waals surface area contributed by atoms with Crippen LogP contribution >= 0.6 is 36.2 Å². The van der Waals surface area contributed by atoms with Gasteiger partial charge in [0, 0.05) is 31.5 Å². The normalized spacial score (nSPS) is 27.5. The molecule has 5 heterocycles. The molecule has 3 aliphatic heterocycles. The molecule has 2 bridgehead atoms. The van der Waals surface area contributed by atoms with Crippen molar-refractivity contribution in [2.45, 2.75) is 50.6 Å². The average molecular weight is 487 g/mol. The molecule has 5 rings (SSSR count). The molecule has 2 aromatic heterocycles. The van der Waals surface area contributed by atoms with Gasteiger partial charge in [0.1, 0.15) is 11.5 Å². The van der Waals surface area contributed by atoms with E-state index in [9.17, 15) is 4.79 Å². The molecule has 172 valence electrons. The number of hydrogen-bond acceptors (Lipinski definition) is 5. The van der Waals surface area contributed by atoms with Crippen molar-refractivity contribution in [1.29, 1.82) is 0 Å². The van der Waals surface area contributed by atoms with E-state index in [4.69, 9.17) is 4.42 Å². The van der Waals surface area contributed by atoms with Crippen LogP contribution in [0.5, 0.6) is 0 Å². The first-order valence-electron chi connectivity index (χ1n) is 11.1. The molecule has 1 amide bonds. The van der Waals surface area contributed by atoms with Crippen molar-refractivity contribution in [3.63, 3.8) is 0 Å². The highest BCUT2D eigenvalue weighted by Gasteiger charge is 2.45. The fourth-order valence-electron chi connectivity index (χ4n) is 5.66. The van der Waals surface area contributed by atoms with Gasteiger partial charge in [-0.1, -0.05) is 12.5 Å². The Hall–Kier alpha value is -1.05. The third-order valence-corrected chi connectivity index (χ3v) is 7.94. The van der Waals surface area contributed by atoms with Crippen molar-refractivity contribution in [3.05, 3.63) is 35.4 Å². The molecule has 3 saturated heterocycles. The van der Waals surface area contributed by atoms with E-state index in [0.29, 0.717) is 30.8 Å². The van der Waals surface area contributed by atoms with Crippen LogP contribution in [0.3, 0.4) is 0 Å². The van der Waals surface area contributed by atoms with Gasteiger partial charge in [-0.25, -0.2) is 0 Å². The fourth-order valence-corrected chi connectivity index (χ4v) is 6.34. The number of nitrogens with zero attached hydrogens (tertiary/aromatic N) is 1. The van der Waals surface area contributed by atoms with Gasteiger partial charge in [-0.05, 0) is 74.3 Å². The van der Waals surface area contributed by atoms with E-state index in [2.05, 4.69) is 21.6 Å². The number of fused-ring (bicyclic) bond motifs is 4. The molecule has 0 saturated carbocycles. The van der Waals surface area contributed by atoms with Crippen molar-refractivity contribution in [2.75, 3.05) is 26.2 Å². The Morgan fingerprint density at radius 1 is 1.19 bits per heavy atom. The van der Waals surface area contributed by atoms with Crippen LogP contribution in [0.15, 0.2) is 34.1 Å². The predicted octanol–water partition coefficient (Wildman–Crippen LogP) is 4.36. The molecular formula is C23H33Cl2N3O2S. The Bertz CT molecular complexity index is 829. The largest absolute Gasteiger partial charge is 0.460 e. The van der Waals surface area contributed by atoms with Gasteiger partial charge in [-0.15, -0.1) is 36.2 Å². The summed E-state index contributed by atoms with van der Waals surface area (Å²) in [6, 6.07) is 9.29. The summed E-state index contributed by atoms with van der Waals surface area (Å²) in [7, 11) is 0. The van der Waals surface area contributed by atoms with Gasteiger partial charge in [0.05, 0.1) is 4.88 Å². The highest BCUT2D eigenvalue weighted by atomic mass is 35.5. The molecule has 2 N–H and O–H groups in total. The van der Waals surface area contributed by atoms with Gasteiger partial charge in [-0.3, -0.25) is 9.69 Å². The molecule has 8 heteroatoms. The monoisotopic (exact) mass is 485 g/mol. The number of aryl methyl sites for hydroxylation is 1. The first kappa shape index (κ1) is 24.6. The van der Waals surface area contributed by atoms with Crippen LogP contribution in [0, 0.1) is 11.8 Å². The van der Waals surface area contributed by atoms with Crippen molar-refractivity contribution in [3.8, 4) is 10.6 Å². The second-order valence-electron chi connectivity index (χ2n) is 8.83. The van der Waals surface area contributed by atoms with E-state index >= 15 is 0 Å². The lowest BCUT2D eigenvalue weighted by molar-refractivity contribution is -0.122. The highest BCUT2D eigenvalue weighted by molar-refractivity contribution is 7.13. The molecule has 0 aromatic carbocycles. The maximum absolute atomic E-state index is 12.5. The molecule has 0 spiro atoms. The summed E-state index contributed by atoms with van der Waals surface area (Å²) in [5, 5.41) is 8.94. The van der Waals surface area contributed by atoms with Crippen LogP contribution in [0.4, 0.5) is 0 Å². The van der Waals surface area contributed by atoms with E-state index < -0.39 is 0 Å². The van der Waals surface area contributed by atoms with Gasteiger partial charge in [-0.2, -0.15) is 0 Å². The lowest BCUT2D eigenvalue weighted by Crippen LogP contribution is -2.65. The maximum Gasteiger partial charge on any atom is 0.220 e. The number of halogens is 2. The number of amides is 1. The average Bonchev–Trinajstić information content (AvgIpc) is 3.44. The van der Waals surface area contributed by atoms with Crippen LogP contribution in [0.2, 0.25) is 0 Å². The molecule has 0 unspecified atom stereocenters. The molecular weight excluding hydrogens is 453 g/mol. The van der Waals surface area contributed by atoms with Crippen molar-refractivity contribution < 1.29 is 9.21 Å². The predicted molar refractivity (Wildman–Crippen MR) is 130 cm³/mol. The van der Waals surface area contributed by atoms with Gasteiger partial charge < -0.3 is 15.1 Å². The van der Waals surface area contributed by atoms with Crippen LogP contribution in [0.1, 0.15) is 37.9 Å². The standard InChI is InChI=1S/C23H31N3O2S.2ClH/c27-23(9-7-18-6-8-21(28-18)22-5-3-11-29-22)25-15-20-17-12-16(13-24-14-17)19-4-1-2-10-26(19)20;;/h3,5-6,8,11,16-17,19-20,24H,1-2,4,7,9-10,12-15H2,(H,25,27);2*1H/t16-,17+,19+,20+;;/m1../s1. The Balaban J connectivity index is 0.00000136. The van der Waals surface area contributed by atoms with Crippen LogP contribution in [0.25, 0.3) is 10.6 Å². The summed E-state index contributed by atoms with van der Waals surface area (Å²) in [5.41, 5.74) is 0. The number of thiophene rings is 1. The first-order valence-corrected chi connectivity index (χ1v) is 12.0. The Kier molecular flexibility index (Phi) is 8.88. The van der Waals surface area contributed by atoms with Crippen molar-refractivity contribution in [2.24, 2.45) is 11.8 Å². The first-order chi connectivity index (χ1) is 14.3. The van der Waals surface area contributed by atoms with Crippen LogP contribution in [-0.2, 0) is 11.2 Å². The Morgan fingerprint density at radius 3 is 2.90 bits per heavy atom. The minimum absolute atomic E-state index is 0. The Morgan fingerprint density at radius 2 is 2.06 bits per heavy atom. The Labute approximate surface area is 201 Å². The minimum atomic E-state index is 0. The lowest BCUT2D eigenvalue weighted by atomic mass is 9.73. The molecule has 2 aromatic rings. The molecule has 0 aliphatic carbocycles. The van der Waals surface area contributed by atoms with Crippen molar-refractivity contribution in [1.82, 2.24) is 15.5 Å². The summed E-state index contributed by atoms with van der Waals surface area (Å²) < 4.78 is 5.91. The SMILES string of the molecule is Cl.Cl.O=C(CCc1ccc(-c2cccs2)o1)NC[C@H]1[C@@H]2CNC[C@@H](C2)[C@@H]2CCCCN21.